The zero-order chi connectivity index (χ0) is 15.8. The fourth-order valence-electron chi connectivity index (χ4n) is 2.70. The number of ether oxygens (including phenoxy) is 1. The Labute approximate surface area is 129 Å². The van der Waals surface area contributed by atoms with Crippen molar-refractivity contribution in [3.63, 3.8) is 0 Å². The Morgan fingerprint density at radius 2 is 1.86 bits per heavy atom. The molecule has 1 aromatic heterocycles. The molecule has 1 aromatic rings. The van der Waals surface area contributed by atoms with Crippen LogP contribution in [0, 0.1) is 0 Å². The minimum absolute atomic E-state index is 0.0788. The number of rotatable bonds is 2. The molecule has 0 amide bonds. The van der Waals surface area contributed by atoms with Gasteiger partial charge in [-0.15, -0.1) is 0 Å². The molecule has 4 nitrogen and oxygen atoms in total. The number of hydrogen-bond donors (Lipinski definition) is 0. The fourth-order valence-corrected chi connectivity index (χ4v) is 2.70. The Bertz CT molecular complexity index is 479. The van der Waals surface area contributed by atoms with Crippen molar-refractivity contribution in [2.24, 2.45) is 0 Å². The molecule has 4 heteroatoms. The minimum Gasteiger partial charge on any atom is -0.374 e. The second-order valence-electron chi connectivity index (χ2n) is 8.35. The molecule has 2 rings (SSSR count). The molecule has 0 N–H and O–H groups in total. The van der Waals surface area contributed by atoms with Crippen LogP contribution < -0.4 is 0 Å². The summed E-state index contributed by atoms with van der Waals surface area (Å²) in [4.78, 5) is 2.33. The highest BCUT2D eigenvalue weighted by Gasteiger charge is 2.28. The van der Waals surface area contributed by atoms with Gasteiger partial charge in [0.25, 0.3) is 0 Å². The summed E-state index contributed by atoms with van der Waals surface area (Å²) in [5, 5.41) is 4.89. The van der Waals surface area contributed by atoms with E-state index in [1.807, 2.05) is 0 Å². The SMILES string of the molecule is CN1CCOC(Cn2nc(C(C)(C)C)cc2C(C)(C)C)C1. The van der Waals surface area contributed by atoms with Gasteiger partial charge in [-0.05, 0) is 13.1 Å². The van der Waals surface area contributed by atoms with Crippen LogP contribution in [-0.2, 0) is 22.1 Å². The monoisotopic (exact) mass is 293 g/mol. The van der Waals surface area contributed by atoms with E-state index in [4.69, 9.17) is 9.84 Å². The molecule has 1 fully saturated rings. The minimum atomic E-state index is 0.0788. The van der Waals surface area contributed by atoms with E-state index in [-0.39, 0.29) is 16.9 Å². The number of morpholine rings is 1. The van der Waals surface area contributed by atoms with Gasteiger partial charge in [0.1, 0.15) is 0 Å². The molecular formula is C17H31N3O. The van der Waals surface area contributed by atoms with Gasteiger partial charge in [-0.1, -0.05) is 41.5 Å². The first-order valence-corrected chi connectivity index (χ1v) is 7.96. The molecule has 2 heterocycles. The van der Waals surface area contributed by atoms with Gasteiger partial charge >= 0.3 is 0 Å². The zero-order valence-electron chi connectivity index (χ0n) is 14.7. The molecule has 0 aliphatic carbocycles. The van der Waals surface area contributed by atoms with Gasteiger partial charge in [0.15, 0.2) is 0 Å². The maximum Gasteiger partial charge on any atom is 0.0898 e. The zero-order valence-corrected chi connectivity index (χ0v) is 14.7. The first-order valence-electron chi connectivity index (χ1n) is 7.96. The third-order valence-electron chi connectivity index (χ3n) is 4.04. The number of hydrogen-bond acceptors (Lipinski definition) is 3. The molecule has 1 unspecified atom stereocenters. The molecule has 21 heavy (non-hydrogen) atoms. The Morgan fingerprint density at radius 1 is 1.19 bits per heavy atom. The van der Waals surface area contributed by atoms with E-state index >= 15 is 0 Å². The molecule has 0 aromatic carbocycles. The lowest BCUT2D eigenvalue weighted by atomic mass is 9.88. The molecule has 0 spiro atoms. The second-order valence-corrected chi connectivity index (χ2v) is 8.35. The first-order chi connectivity index (χ1) is 9.57. The standard InChI is InChI=1S/C17H31N3O/c1-16(2,3)14-10-15(17(4,5)6)20(18-14)12-13-11-19(7)8-9-21-13/h10,13H,8-9,11-12H2,1-7H3. The molecule has 1 saturated heterocycles. The Hall–Kier alpha value is -0.870. The lowest BCUT2D eigenvalue weighted by molar-refractivity contribution is -0.0297. The van der Waals surface area contributed by atoms with Crippen LogP contribution in [0.1, 0.15) is 52.9 Å². The summed E-state index contributed by atoms with van der Waals surface area (Å²) >= 11 is 0. The van der Waals surface area contributed by atoms with Crippen LogP contribution in [0.2, 0.25) is 0 Å². The van der Waals surface area contributed by atoms with Gasteiger partial charge in [0, 0.05) is 29.6 Å². The lowest BCUT2D eigenvalue weighted by Gasteiger charge is -2.31. The predicted molar refractivity (Wildman–Crippen MR) is 86.9 cm³/mol. The third kappa shape index (κ3) is 4.07. The topological polar surface area (TPSA) is 30.3 Å². The fraction of sp³-hybridized carbons (Fsp3) is 0.824. The summed E-state index contributed by atoms with van der Waals surface area (Å²) < 4.78 is 8.08. The van der Waals surface area contributed by atoms with Crippen LogP contribution in [0.15, 0.2) is 6.07 Å². The highest BCUT2D eigenvalue weighted by Crippen LogP contribution is 2.29. The van der Waals surface area contributed by atoms with Crippen LogP contribution >= 0.6 is 0 Å². The molecule has 0 bridgehead atoms. The summed E-state index contributed by atoms with van der Waals surface area (Å²) in [5.74, 6) is 0. The van der Waals surface area contributed by atoms with Crippen molar-refractivity contribution in [2.75, 3.05) is 26.7 Å². The highest BCUT2D eigenvalue weighted by atomic mass is 16.5. The highest BCUT2D eigenvalue weighted by molar-refractivity contribution is 5.22. The van der Waals surface area contributed by atoms with Crippen LogP contribution in [0.3, 0.4) is 0 Å². The molecule has 1 aliphatic heterocycles. The van der Waals surface area contributed by atoms with Crippen molar-refractivity contribution in [3.05, 3.63) is 17.5 Å². The van der Waals surface area contributed by atoms with Crippen molar-refractivity contribution < 1.29 is 4.74 Å². The van der Waals surface area contributed by atoms with Crippen LogP contribution in [0.5, 0.6) is 0 Å². The maximum absolute atomic E-state index is 5.91. The average molecular weight is 293 g/mol. The van der Waals surface area contributed by atoms with Crippen LogP contribution in [0.25, 0.3) is 0 Å². The lowest BCUT2D eigenvalue weighted by Crippen LogP contribution is -2.42. The largest absolute Gasteiger partial charge is 0.374 e. The quantitative estimate of drug-likeness (QED) is 0.840. The van der Waals surface area contributed by atoms with Gasteiger partial charge in [0.05, 0.1) is 24.9 Å². The summed E-state index contributed by atoms with van der Waals surface area (Å²) in [5.41, 5.74) is 2.63. The summed E-state index contributed by atoms with van der Waals surface area (Å²) in [6.07, 6.45) is 0.234. The Kier molecular flexibility index (Phi) is 4.50. The van der Waals surface area contributed by atoms with E-state index in [0.29, 0.717) is 0 Å². The summed E-state index contributed by atoms with van der Waals surface area (Å²) in [6, 6.07) is 2.27. The van der Waals surface area contributed by atoms with E-state index in [2.05, 4.69) is 64.2 Å². The average Bonchev–Trinajstić information content (AvgIpc) is 2.72. The van der Waals surface area contributed by atoms with Gasteiger partial charge in [-0.2, -0.15) is 5.10 Å². The molecule has 1 aliphatic rings. The van der Waals surface area contributed by atoms with Crippen molar-refractivity contribution in [3.8, 4) is 0 Å². The van der Waals surface area contributed by atoms with Gasteiger partial charge < -0.3 is 9.64 Å². The van der Waals surface area contributed by atoms with Crippen LogP contribution in [-0.4, -0.2) is 47.5 Å². The Balaban J connectivity index is 2.26. The van der Waals surface area contributed by atoms with Crippen molar-refractivity contribution >= 4 is 0 Å². The Morgan fingerprint density at radius 3 is 2.38 bits per heavy atom. The van der Waals surface area contributed by atoms with E-state index < -0.39 is 0 Å². The van der Waals surface area contributed by atoms with Crippen molar-refractivity contribution in [1.82, 2.24) is 14.7 Å². The predicted octanol–water partition coefficient (Wildman–Crippen LogP) is 2.81. The van der Waals surface area contributed by atoms with Crippen molar-refractivity contribution in [2.45, 2.75) is 65.0 Å². The van der Waals surface area contributed by atoms with Gasteiger partial charge in [-0.3, -0.25) is 4.68 Å². The van der Waals surface area contributed by atoms with Gasteiger partial charge in [0.2, 0.25) is 0 Å². The van der Waals surface area contributed by atoms with E-state index in [9.17, 15) is 0 Å². The molecule has 0 radical (unpaired) electrons. The summed E-state index contributed by atoms with van der Waals surface area (Å²) in [6.45, 7) is 17.1. The number of nitrogens with zero attached hydrogens (tertiary/aromatic N) is 3. The van der Waals surface area contributed by atoms with Gasteiger partial charge in [-0.25, -0.2) is 0 Å². The smallest absolute Gasteiger partial charge is 0.0898 e. The van der Waals surface area contributed by atoms with Crippen molar-refractivity contribution in [1.29, 1.82) is 0 Å². The van der Waals surface area contributed by atoms with E-state index in [1.165, 1.54) is 5.69 Å². The number of aromatic nitrogens is 2. The van der Waals surface area contributed by atoms with E-state index in [1.54, 1.807) is 0 Å². The summed E-state index contributed by atoms with van der Waals surface area (Å²) in [7, 11) is 2.16. The first kappa shape index (κ1) is 16.5. The molecular weight excluding hydrogens is 262 g/mol. The second kappa shape index (κ2) is 5.73. The third-order valence-corrected chi connectivity index (χ3v) is 4.04. The van der Waals surface area contributed by atoms with E-state index in [0.717, 1.165) is 31.9 Å². The normalized spacial score (nSPS) is 21.8. The molecule has 1 atom stereocenters. The van der Waals surface area contributed by atoms with Crippen LogP contribution in [0.4, 0.5) is 0 Å². The molecule has 120 valence electrons. The molecule has 0 saturated carbocycles. The number of likely N-dealkylation sites (N-methyl/N-ethyl adjacent to an activating group) is 1. The maximum atomic E-state index is 5.91.